The molecule has 37 heavy (non-hydrogen) atoms. The van der Waals surface area contributed by atoms with Gasteiger partial charge in [0.05, 0.1) is 12.9 Å². The molecule has 0 saturated heterocycles. The first-order valence-electron chi connectivity index (χ1n) is 11.6. The number of hydrogen-bond donors (Lipinski definition) is 2. The van der Waals surface area contributed by atoms with Crippen LogP contribution in [0, 0.1) is 5.82 Å². The number of imidazole rings is 1. The maximum atomic E-state index is 13.5. The van der Waals surface area contributed by atoms with Gasteiger partial charge in [-0.1, -0.05) is 29.4 Å². The van der Waals surface area contributed by atoms with E-state index in [9.17, 15) is 9.18 Å². The molecule has 0 aliphatic rings. The third-order valence-electron chi connectivity index (χ3n) is 5.36. The molecule has 186 valence electrons. The van der Waals surface area contributed by atoms with Gasteiger partial charge in [0.15, 0.2) is 0 Å². The van der Waals surface area contributed by atoms with Gasteiger partial charge in [-0.15, -0.1) is 0 Å². The van der Waals surface area contributed by atoms with Gasteiger partial charge in [-0.25, -0.2) is 14.2 Å². The number of anilines is 2. The van der Waals surface area contributed by atoms with Crippen molar-refractivity contribution in [2.24, 2.45) is 0 Å². The maximum absolute atomic E-state index is 13.5. The normalized spacial score (nSPS) is 10.8. The predicted molar refractivity (Wildman–Crippen MR) is 137 cm³/mol. The number of aromatic nitrogens is 4. The number of carbonyl (C=O) groups is 1. The standard InChI is InChI=1S/C27H23FN6O3/c1-2-36-23-12-10-22(11-13-23)31-27(35)30-21-8-6-18(7-9-21)15-34-16-24(29-17-34)26-32-25(33-37-26)19-4-3-5-20(28)14-19/h3-14,16-17H,2,15H2,1H3,(H2,30,31,35). The van der Waals surface area contributed by atoms with Crippen LogP contribution in [0.25, 0.3) is 23.0 Å². The van der Waals surface area contributed by atoms with Gasteiger partial charge in [-0.2, -0.15) is 4.98 Å². The minimum Gasteiger partial charge on any atom is -0.494 e. The maximum Gasteiger partial charge on any atom is 0.323 e. The fourth-order valence-corrected chi connectivity index (χ4v) is 3.63. The Balaban J connectivity index is 1.17. The quantitative estimate of drug-likeness (QED) is 0.279. The molecule has 5 rings (SSSR count). The predicted octanol–water partition coefficient (Wildman–Crippen LogP) is 5.83. The van der Waals surface area contributed by atoms with Crippen molar-refractivity contribution in [1.82, 2.24) is 19.7 Å². The molecule has 2 aromatic heterocycles. The molecule has 0 unspecified atom stereocenters. The molecular formula is C27H23FN6O3. The van der Waals surface area contributed by atoms with E-state index >= 15 is 0 Å². The van der Waals surface area contributed by atoms with E-state index in [1.54, 1.807) is 48.9 Å². The lowest BCUT2D eigenvalue weighted by molar-refractivity contribution is 0.262. The molecule has 9 nitrogen and oxygen atoms in total. The highest BCUT2D eigenvalue weighted by molar-refractivity contribution is 5.99. The fraction of sp³-hybridized carbons (Fsp3) is 0.111. The Morgan fingerprint density at radius 3 is 2.46 bits per heavy atom. The number of rotatable bonds is 8. The molecule has 0 aliphatic heterocycles. The van der Waals surface area contributed by atoms with E-state index in [4.69, 9.17) is 9.26 Å². The minimum atomic E-state index is -0.373. The third-order valence-corrected chi connectivity index (χ3v) is 5.36. The number of ether oxygens (including phenoxy) is 1. The van der Waals surface area contributed by atoms with Crippen LogP contribution in [0.3, 0.4) is 0 Å². The van der Waals surface area contributed by atoms with Crippen LogP contribution in [0.5, 0.6) is 5.75 Å². The number of urea groups is 1. The molecule has 0 spiro atoms. The summed E-state index contributed by atoms with van der Waals surface area (Å²) in [6.07, 6.45) is 3.46. The second kappa shape index (κ2) is 10.7. The summed E-state index contributed by atoms with van der Waals surface area (Å²) in [6, 6.07) is 20.3. The van der Waals surface area contributed by atoms with Crippen LogP contribution in [-0.2, 0) is 6.54 Å². The molecular weight excluding hydrogens is 475 g/mol. The summed E-state index contributed by atoms with van der Waals surface area (Å²) in [7, 11) is 0. The number of nitrogens with zero attached hydrogens (tertiary/aromatic N) is 4. The average Bonchev–Trinajstić information content (AvgIpc) is 3.57. The van der Waals surface area contributed by atoms with Crippen LogP contribution < -0.4 is 15.4 Å². The average molecular weight is 499 g/mol. The van der Waals surface area contributed by atoms with Crippen molar-refractivity contribution < 1.29 is 18.4 Å². The Bertz CT molecular complexity index is 1500. The zero-order chi connectivity index (χ0) is 25.6. The Kier molecular flexibility index (Phi) is 6.89. The SMILES string of the molecule is CCOc1ccc(NC(=O)Nc2ccc(Cn3cnc(-c4nc(-c5cccc(F)c5)no4)c3)cc2)cc1. The molecule has 0 radical (unpaired) electrons. The highest BCUT2D eigenvalue weighted by Gasteiger charge is 2.14. The first kappa shape index (κ1) is 23.7. The van der Waals surface area contributed by atoms with Gasteiger partial charge in [0.25, 0.3) is 5.89 Å². The van der Waals surface area contributed by atoms with Gasteiger partial charge in [0.2, 0.25) is 5.82 Å². The third kappa shape index (κ3) is 5.99. The van der Waals surface area contributed by atoms with Crippen LogP contribution >= 0.6 is 0 Å². The summed E-state index contributed by atoms with van der Waals surface area (Å²) in [5.74, 6) is 0.914. The van der Waals surface area contributed by atoms with E-state index in [1.165, 1.54) is 12.1 Å². The number of hydrogen-bond acceptors (Lipinski definition) is 6. The number of amides is 2. The van der Waals surface area contributed by atoms with Gasteiger partial charge >= 0.3 is 6.03 Å². The van der Waals surface area contributed by atoms with Crippen molar-refractivity contribution in [3.63, 3.8) is 0 Å². The summed E-state index contributed by atoms with van der Waals surface area (Å²) in [5.41, 5.74) is 3.37. The summed E-state index contributed by atoms with van der Waals surface area (Å²) in [6.45, 7) is 3.05. The fourth-order valence-electron chi connectivity index (χ4n) is 3.63. The number of halogens is 1. The molecule has 2 N–H and O–H groups in total. The molecule has 2 heterocycles. The summed E-state index contributed by atoms with van der Waals surface area (Å²) in [4.78, 5) is 21.0. The lowest BCUT2D eigenvalue weighted by Crippen LogP contribution is -2.19. The summed E-state index contributed by atoms with van der Waals surface area (Å²) >= 11 is 0. The second-order valence-corrected chi connectivity index (χ2v) is 8.10. The number of benzene rings is 3. The van der Waals surface area contributed by atoms with E-state index in [2.05, 4.69) is 25.8 Å². The smallest absolute Gasteiger partial charge is 0.323 e. The topological polar surface area (TPSA) is 107 Å². The molecule has 0 atom stereocenters. The molecule has 10 heteroatoms. The Hall–Kier alpha value is -4.99. The van der Waals surface area contributed by atoms with Crippen molar-refractivity contribution in [3.05, 3.63) is 96.7 Å². The van der Waals surface area contributed by atoms with Gasteiger partial charge < -0.3 is 24.5 Å². The molecule has 0 saturated carbocycles. The van der Waals surface area contributed by atoms with Gasteiger partial charge in [-0.05, 0) is 61.0 Å². The van der Waals surface area contributed by atoms with Crippen LogP contribution in [0.2, 0.25) is 0 Å². The zero-order valence-corrected chi connectivity index (χ0v) is 19.9. The molecule has 3 aromatic carbocycles. The van der Waals surface area contributed by atoms with E-state index in [-0.39, 0.29) is 17.7 Å². The Morgan fingerprint density at radius 1 is 1.03 bits per heavy atom. The van der Waals surface area contributed by atoms with Crippen molar-refractivity contribution in [2.45, 2.75) is 13.5 Å². The summed E-state index contributed by atoms with van der Waals surface area (Å²) < 4.78 is 26.1. The molecule has 2 amide bonds. The van der Waals surface area contributed by atoms with Crippen LogP contribution in [0.1, 0.15) is 12.5 Å². The van der Waals surface area contributed by atoms with E-state index in [0.717, 1.165) is 11.3 Å². The monoisotopic (exact) mass is 498 g/mol. The van der Waals surface area contributed by atoms with Gasteiger partial charge in [-0.3, -0.25) is 0 Å². The zero-order valence-electron chi connectivity index (χ0n) is 19.9. The van der Waals surface area contributed by atoms with E-state index in [0.29, 0.717) is 41.6 Å². The molecule has 0 fully saturated rings. The van der Waals surface area contributed by atoms with Crippen molar-refractivity contribution in [1.29, 1.82) is 0 Å². The second-order valence-electron chi connectivity index (χ2n) is 8.10. The Morgan fingerprint density at radius 2 is 1.76 bits per heavy atom. The lowest BCUT2D eigenvalue weighted by Gasteiger charge is -2.09. The van der Waals surface area contributed by atoms with Crippen LogP contribution in [0.15, 0.2) is 89.8 Å². The van der Waals surface area contributed by atoms with Crippen molar-refractivity contribution in [3.8, 4) is 28.7 Å². The molecule has 0 bridgehead atoms. The largest absolute Gasteiger partial charge is 0.494 e. The first-order chi connectivity index (χ1) is 18.1. The van der Waals surface area contributed by atoms with E-state index < -0.39 is 0 Å². The highest BCUT2D eigenvalue weighted by atomic mass is 19.1. The lowest BCUT2D eigenvalue weighted by atomic mass is 10.2. The van der Waals surface area contributed by atoms with Crippen molar-refractivity contribution in [2.75, 3.05) is 17.2 Å². The number of carbonyl (C=O) groups excluding carboxylic acids is 1. The summed E-state index contributed by atoms with van der Waals surface area (Å²) in [5, 5.41) is 9.53. The van der Waals surface area contributed by atoms with E-state index in [1.807, 2.05) is 35.8 Å². The Labute approximate surface area is 211 Å². The minimum absolute atomic E-state index is 0.246. The highest BCUT2D eigenvalue weighted by Crippen LogP contribution is 2.22. The van der Waals surface area contributed by atoms with Crippen molar-refractivity contribution >= 4 is 17.4 Å². The van der Waals surface area contributed by atoms with Gasteiger partial charge in [0, 0.05) is 29.7 Å². The number of nitrogens with one attached hydrogen (secondary N) is 2. The molecule has 5 aromatic rings. The first-order valence-corrected chi connectivity index (χ1v) is 11.6. The molecule has 0 aliphatic carbocycles. The van der Waals surface area contributed by atoms with Gasteiger partial charge in [0.1, 0.15) is 17.3 Å². The van der Waals surface area contributed by atoms with Crippen LogP contribution in [-0.4, -0.2) is 32.3 Å². The van der Waals surface area contributed by atoms with Crippen LogP contribution in [0.4, 0.5) is 20.6 Å².